The van der Waals surface area contributed by atoms with Crippen molar-refractivity contribution < 1.29 is 0 Å². The minimum absolute atomic E-state index is 0.750. The highest BCUT2D eigenvalue weighted by molar-refractivity contribution is 9.28. The van der Waals surface area contributed by atoms with E-state index in [0.717, 1.165) is 14.0 Å². The summed E-state index contributed by atoms with van der Waals surface area (Å²) in [5.41, 5.74) is 1.07. The molecule has 0 aromatic heterocycles. The van der Waals surface area contributed by atoms with Crippen LogP contribution in [0.5, 0.6) is 0 Å². The van der Waals surface area contributed by atoms with Crippen molar-refractivity contribution in [1.29, 1.82) is 0 Å². The summed E-state index contributed by atoms with van der Waals surface area (Å²) in [5.74, 6) is 0. The van der Waals surface area contributed by atoms with Crippen LogP contribution in [-0.4, -0.2) is 0 Å². The average Bonchev–Trinajstić information content (AvgIpc) is 1.85. The molecule has 0 heterocycles. The molecular formula is C8H5Br2Cl. The molecule has 0 amide bonds. The predicted molar refractivity (Wildman–Crippen MR) is 57.3 cm³/mol. The number of halogens is 3. The Morgan fingerprint density at radius 3 is 2.64 bits per heavy atom. The molecule has 1 aromatic carbocycles. The molecule has 0 saturated carbocycles. The Labute approximate surface area is 87.5 Å². The Hall–Kier alpha value is 0.210. The predicted octanol–water partition coefficient (Wildman–Crippen LogP) is 4.43. The van der Waals surface area contributed by atoms with Crippen LogP contribution in [0.25, 0.3) is 6.08 Å². The quantitative estimate of drug-likeness (QED) is 0.719. The maximum absolute atomic E-state index is 5.77. The fourth-order valence-corrected chi connectivity index (χ4v) is 1.45. The highest BCUT2D eigenvalue weighted by Gasteiger charge is 1.89. The van der Waals surface area contributed by atoms with E-state index in [-0.39, 0.29) is 0 Å². The topological polar surface area (TPSA) is 0 Å². The molecule has 58 valence electrons. The van der Waals surface area contributed by atoms with Gasteiger partial charge >= 0.3 is 0 Å². The molecule has 0 aliphatic carbocycles. The van der Waals surface area contributed by atoms with Gasteiger partial charge < -0.3 is 0 Å². The maximum Gasteiger partial charge on any atom is 0.0610 e. The van der Waals surface area contributed by atoms with E-state index in [1.54, 1.807) is 0 Å². The molecule has 1 aromatic rings. The number of benzene rings is 1. The van der Waals surface area contributed by atoms with Gasteiger partial charge in [0.25, 0.3) is 0 Å². The first-order chi connectivity index (χ1) is 5.18. The smallest absolute Gasteiger partial charge is 0.0610 e. The average molecular weight is 296 g/mol. The Morgan fingerprint density at radius 2 is 2.09 bits per heavy atom. The highest BCUT2D eigenvalue weighted by Crippen LogP contribution is 2.19. The van der Waals surface area contributed by atoms with Gasteiger partial charge in [-0.25, -0.2) is 0 Å². The molecular weight excluding hydrogens is 291 g/mol. The summed E-state index contributed by atoms with van der Waals surface area (Å²) in [5, 5.41) is 0.750. The zero-order valence-electron chi connectivity index (χ0n) is 5.52. The van der Waals surface area contributed by atoms with Gasteiger partial charge in [0, 0.05) is 5.02 Å². The fourth-order valence-electron chi connectivity index (χ4n) is 0.722. The normalized spacial score (nSPS) is 9.36. The zero-order valence-corrected chi connectivity index (χ0v) is 9.45. The molecule has 0 bridgehead atoms. The number of hydrogen-bond acceptors (Lipinski definition) is 0. The minimum atomic E-state index is 0.750. The Bertz CT molecular complexity index is 277. The molecule has 0 N–H and O–H groups in total. The maximum atomic E-state index is 5.77. The van der Waals surface area contributed by atoms with Crippen molar-refractivity contribution in [2.75, 3.05) is 0 Å². The lowest BCUT2D eigenvalue weighted by atomic mass is 10.2. The highest BCUT2D eigenvalue weighted by atomic mass is 79.9. The first-order valence-corrected chi connectivity index (χ1v) is 4.93. The summed E-state index contributed by atoms with van der Waals surface area (Å²) in [6, 6.07) is 7.64. The molecule has 0 radical (unpaired) electrons. The van der Waals surface area contributed by atoms with Gasteiger partial charge in [-0.15, -0.1) is 0 Å². The van der Waals surface area contributed by atoms with Gasteiger partial charge in [-0.3, -0.25) is 0 Å². The van der Waals surface area contributed by atoms with Crippen molar-refractivity contribution >= 4 is 49.5 Å². The molecule has 1 rings (SSSR count). The summed E-state index contributed by atoms with van der Waals surface area (Å²) in [4.78, 5) is 0. The Morgan fingerprint density at radius 1 is 1.36 bits per heavy atom. The molecule has 0 saturated heterocycles. The molecule has 0 aliphatic rings. The van der Waals surface area contributed by atoms with Gasteiger partial charge in [0.1, 0.15) is 0 Å². The van der Waals surface area contributed by atoms with Crippen LogP contribution in [0.4, 0.5) is 0 Å². The van der Waals surface area contributed by atoms with Crippen molar-refractivity contribution in [3.63, 3.8) is 0 Å². The van der Waals surface area contributed by atoms with Crippen LogP contribution in [-0.2, 0) is 0 Å². The van der Waals surface area contributed by atoms with Gasteiger partial charge in [0.05, 0.1) is 3.39 Å². The summed E-state index contributed by atoms with van der Waals surface area (Å²) in [6.07, 6.45) is 1.94. The summed E-state index contributed by atoms with van der Waals surface area (Å²) >= 11 is 12.3. The lowest BCUT2D eigenvalue weighted by molar-refractivity contribution is 1.66. The van der Waals surface area contributed by atoms with Crippen LogP contribution in [0.3, 0.4) is 0 Å². The Kier molecular flexibility index (Phi) is 3.63. The van der Waals surface area contributed by atoms with Gasteiger partial charge in [-0.05, 0) is 55.6 Å². The van der Waals surface area contributed by atoms with E-state index < -0.39 is 0 Å². The largest absolute Gasteiger partial charge is 0.0843 e. The van der Waals surface area contributed by atoms with Gasteiger partial charge in [-0.2, -0.15) is 0 Å². The monoisotopic (exact) mass is 294 g/mol. The minimum Gasteiger partial charge on any atom is -0.0843 e. The summed E-state index contributed by atoms with van der Waals surface area (Å²) in [6.45, 7) is 0. The van der Waals surface area contributed by atoms with Crippen LogP contribution in [0, 0.1) is 0 Å². The number of hydrogen-bond donors (Lipinski definition) is 0. The molecule has 0 fully saturated rings. The lowest BCUT2D eigenvalue weighted by Gasteiger charge is -1.93. The van der Waals surface area contributed by atoms with Gasteiger partial charge in [0.2, 0.25) is 0 Å². The van der Waals surface area contributed by atoms with E-state index in [2.05, 4.69) is 31.9 Å². The van der Waals surface area contributed by atoms with Gasteiger partial charge in [-0.1, -0.05) is 23.7 Å². The summed E-state index contributed by atoms with van der Waals surface area (Å²) in [7, 11) is 0. The standard InChI is InChI=1S/C8H5Br2Cl/c9-8(10)5-6-2-1-3-7(11)4-6/h1-5H. The van der Waals surface area contributed by atoms with E-state index in [9.17, 15) is 0 Å². The van der Waals surface area contributed by atoms with E-state index in [0.29, 0.717) is 0 Å². The molecule has 3 heteroatoms. The van der Waals surface area contributed by atoms with Crippen LogP contribution in [0.15, 0.2) is 27.7 Å². The zero-order chi connectivity index (χ0) is 8.27. The molecule has 0 nitrogen and oxygen atoms in total. The third-order valence-electron chi connectivity index (χ3n) is 1.12. The van der Waals surface area contributed by atoms with Crippen LogP contribution >= 0.6 is 43.5 Å². The van der Waals surface area contributed by atoms with Crippen molar-refractivity contribution in [3.8, 4) is 0 Å². The van der Waals surface area contributed by atoms with E-state index in [1.165, 1.54) is 0 Å². The van der Waals surface area contributed by atoms with Gasteiger partial charge in [0.15, 0.2) is 0 Å². The first-order valence-electron chi connectivity index (χ1n) is 2.97. The lowest BCUT2D eigenvalue weighted by Crippen LogP contribution is -1.69. The molecule has 11 heavy (non-hydrogen) atoms. The van der Waals surface area contributed by atoms with Crippen molar-refractivity contribution in [2.24, 2.45) is 0 Å². The third-order valence-corrected chi connectivity index (χ3v) is 1.82. The second-order valence-corrected chi connectivity index (χ2v) is 5.20. The third kappa shape index (κ3) is 3.41. The fraction of sp³-hybridized carbons (Fsp3) is 0. The van der Waals surface area contributed by atoms with Crippen molar-refractivity contribution in [1.82, 2.24) is 0 Å². The molecule has 0 unspecified atom stereocenters. The molecule has 0 atom stereocenters. The van der Waals surface area contributed by atoms with Crippen LogP contribution in [0.2, 0.25) is 5.02 Å². The SMILES string of the molecule is Clc1cccc(C=C(Br)Br)c1. The second kappa shape index (κ2) is 4.29. The van der Waals surface area contributed by atoms with E-state index in [4.69, 9.17) is 11.6 Å². The van der Waals surface area contributed by atoms with Crippen molar-refractivity contribution in [3.05, 3.63) is 38.2 Å². The van der Waals surface area contributed by atoms with E-state index >= 15 is 0 Å². The molecule has 0 aliphatic heterocycles. The summed E-state index contributed by atoms with van der Waals surface area (Å²) < 4.78 is 0.910. The van der Waals surface area contributed by atoms with Crippen molar-refractivity contribution in [2.45, 2.75) is 0 Å². The number of rotatable bonds is 1. The molecule has 0 spiro atoms. The second-order valence-electron chi connectivity index (χ2n) is 1.99. The first kappa shape index (κ1) is 9.30. The van der Waals surface area contributed by atoms with E-state index in [1.807, 2.05) is 30.3 Å². The van der Waals surface area contributed by atoms with Crippen LogP contribution < -0.4 is 0 Å². The Balaban J connectivity index is 2.97. The van der Waals surface area contributed by atoms with Crippen LogP contribution in [0.1, 0.15) is 5.56 Å².